The van der Waals surface area contributed by atoms with Crippen molar-refractivity contribution in [2.45, 2.75) is 12.2 Å². The van der Waals surface area contributed by atoms with E-state index in [0.717, 1.165) is 11.1 Å². The number of carbonyl (C=O) groups is 1. The van der Waals surface area contributed by atoms with Crippen LogP contribution in [0.4, 0.5) is 10.5 Å². The van der Waals surface area contributed by atoms with Crippen molar-refractivity contribution in [2.75, 3.05) is 20.7 Å². The first-order valence-electron chi connectivity index (χ1n) is 5.47. The van der Waals surface area contributed by atoms with Gasteiger partial charge in [-0.2, -0.15) is 12.6 Å². The van der Waals surface area contributed by atoms with E-state index in [4.69, 9.17) is 0 Å². The van der Waals surface area contributed by atoms with Gasteiger partial charge in [-0.05, 0) is 28.8 Å². The van der Waals surface area contributed by atoms with Gasteiger partial charge < -0.3 is 9.64 Å². The number of amides is 1. The van der Waals surface area contributed by atoms with Crippen LogP contribution < -0.4 is 0 Å². The lowest BCUT2D eigenvalue weighted by Crippen LogP contribution is -2.28. The molecule has 0 unspecified atom stereocenters. The second-order valence-corrected chi connectivity index (χ2v) is 4.17. The van der Waals surface area contributed by atoms with E-state index in [1.807, 2.05) is 12.1 Å². The number of benzene rings is 1. The van der Waals surface area contributed by atoms with E-state index in [2.05, 4.69) is 22.5 Å². The minimum Gasteiger partial charge on any atom is -0.453 e. The summed E-state index contributed by atoms with van der Waals surface area (Å²) < 4.78 is 4.60. The van der Waals surface area contributed by atoms with Crippen LogP contribution >= 0.6 is 12.6 Å². The van der Waals surface area contributed by atoms with E-state index in [0.29, 0.717) is 24.4 Å². The summed E-state index contributed by atoms with van der Waals surface area (Å²) in [5.74, 6) is 0.460. The molecule has 0 aromatic heterocycles. The van der Waals surface area contributed by atoms with Gasteiger partial charge in [0.05, 0.1) is 7.11 Å². The third-order valence-corrected chi connectivity index (χ3v) is 2.98. The van der Waals surface area contributed by atoms with Crippen molar-refractivity contribution in [1.29, 1.82) is 0 Å². The molecule has 1 amide bonds. The summed E-state index contributed by atoms with van der Waals surface area (Å²) in [6.07, 6.45) is 0.321. The van der Waals surface area contributed by atoms with Gasteiger partial charge in [0.2, 0.25) is 0 Å². The molecule has 98 valence electrons. The number of ether oxygens (including phenoxy) is 1. The molecule has 0 atom stereocenters. The van der Waals surface area contributed by atoms with Crippen molar-refractivity contribution >= 4 is 24.4 Å². The molecular weight excluding hydrogens is 252 g/mol. The highest BCUT2D eigenvalue weighted by molar-refractivity contribution is 7.79. The lowest BCUT2D eigenvalue weighted by atomic mass is 10.1. The van der Waals surface area contributed by atoms with Crippen LogP contribution in [0.1, 0.15) is 11.1 Å². The van der Waals surface area contributed by atoms with Gasteiger partial charge >= 0.3 is 6.09 Å². The SMILES string of the molecule is COC(=O)N(C)CCc1ccc(N=O)c(CS)c1. The fourth-order valence-corrected chi connectivity index (χ4v) is 1.81. The number of likely N-dealkylation sites (N-methyl/N-ethyl adjacent to an activating group) is 1. The van der Waals surface area contributed by atoms with E-state index in [-0.39, 0.29) is 6.09 Å². The van der Waals surface area contributed by atoms with Gasteiger partial charge in [0, 0.05) is 19.3 Å². The maximum atomic E-state index is 11.2. The monoisotopic (exact) mass is 268 g/mol. The van der Waals surface area contributed by atoms with Crippen molar-refractivity contribution in [3.8, 4) is 0 Å². The van der Waals surface area contributed by atoms with Crippen molar-refractivity contribution in [3.05, 3.63) is 34.2 Å². The van der Waals surface area contributed by atoms with Crippen molar-refractivity contribution < 1.29 is 9.53 Å². The highest BCUT2D eigenvalue weighted by Crippen LogP contribution is 2.22. The second kappa shape index (κ2) is 7.00. The number of nitrogens with zero attached hydrogens (tertiary/aromatic N) is 2. The minimum atomic E-state index is -0.365. The Morgan fingerprint density at radius 2 is 2.22 bits per heavy atom. The molecular formula is C12H16N2O3S. The summed E-state index contributed by atoms with van der Waals surface area (Å²) in [6.45, 7) is 0.548. The molecule has 0 bridgehead atoms. The second-order valence-electron chi connectivity index (χ2n) is 3.85. The normalized spacial score (nSPS) is 9.94. The van der Waals surface area contributed by atoms with Crippen molar-refractivity contribution in [1.82, 2.24) is 4.90 Å². The lowest BCUT2D eigenvalue weighted by molar-refractivity contribution is 0.134. The summed E-state index contributed by atoms with van der Waals surface area (Å²) in [5.41, 5.74) is 2.24. The maximum absolute atomic E-state index is 11.2. The first-order chi connectivity index (χ1) is 8.62. The molecule has 5 nitrogen and oxygen atoms in total. The van der Waals surface area contributed by atoms with Crippen LogP contribution in [0.2, 0.25) is 0 Å². The van der Waals surface area contributed by atoms with E-state index in [1.165, 1.54) is 12.0 Å². The number of thiol groups is 1. The van der Waals surface area contributed by atoms with Gasteiger partial charge in [-0.1, -0.05) is 12.1 Å². The summed E-state index contributed by atoms with van der Waals surface area (Å²) in [5, 5.41) is 2.94. The highest BCUT2D eigenvalue weighted by atomic mass is 32.1. The van der Waals surface area contributed by atoms with Crippen LogP contribution in [-0.4, -0.2) is 31.7 Å². The summed E-state index contributed by atoms with van der Waals surface area (Å²) in [4.78, 5) is 23.2. The van der Waals surface area contributed by atoms with Crippen molar-refractivity contribution in [2.24, 2.45) is 5.18 Å². The van der Waals surface area contributed by atoms with Crippen LogP contribution in [0, 0.1) is 4.91 Å². The molecule has 0 fully saturated rings. The molecule has 0 aliphatic rings. The van der Waals surface area contributed by atoms with Gasteiger partial charge in [0.25, 0.3) is 0 Å². The largest absolute Gasteiger partial charge is 0.453 e. The Labute approximate surface area is 112 Å². The highest BCUT2D eigenvalue weighted by Gasteiger charge is 2.08. The number of rotatable bonds is 5. The van der Waals surface area contributed by atoms with Gasteiger partial charge in [-0.3, -0.25) is 0 Å². The first kappa shape index (κ1) is 14.5. The molecule has 1 rings (SSSR count). The van der Waals surface area contributed by atoms with Gasteiger partial charge in [0.15, 0.2) is 0 Å². The van der Waals surface area contributed by atoms with Gasteiger partial charge in [-0.25, -0.2) is 4.79 Å². The average Bonchev–Trinajstić information content (AvgIpc) is 2.43. The van der Waals surface area contributed by atoms with E-state index in [9.17, 15) is 9.70 Å². The molecule has 0 heterocycles. The Kier molecular flexibility index (Phi) is 5.64. The Balaban J connectivity index is 2.68. The van der Waals surface area contributed by atoms with E-state index in [1.54, 1.807) is 13.1 Å². The standard InChI is InChI=1S/C12H16N2O3S/c1-14(12(15)17-2)6-5-9-3-4-11(13-16)10(7-9)8-18/h3-4,7,18H,5-6,8H2,1-2H3. The lowest BCUT2D eigenvalue weighted by Gasteiger charge is -2.15. The summed E-state index contributed by atoms with van der Waals surface area (Å²) in [6, 6.07) is 5.38. The Morgan fingerprint density at radius 1 is 1.50 bits per heavy atom. The third kappa shape index (κ3) is 3.73. The minimum absolute atomic E-state index is 0.365. The number of methoxy groups -OCH3 is 1. The van der Waals surface area contributed by atoms with Crippen LogP contribution in [0.3, 0.4) is 0 Å². The number of carbonyl (C=O) groups excluding carboxylic acids is 1. The molecule has 0 aliphatic heterocycles. The molecule has 1 aromatic rings. The number of hydrogen-bond donors (Lipinski definition) is 1. The molecule has 18 heavy (non-hydrogen) atoms. The Bertz CT molecular complexity index is 437. The Morgan fingerprint density at radius 3 is 2.78 bits per heavy atom. The molecule has 0 saturated carbocycles. The molecule has 1 aromatic carbocycles. The quantitative estimate of drug-likeness (QED) is 0.660. The number of nitroso groups, excluding NO2 is 1. The smallest absolute Gasteiger partial charge is 0.409 e. The summed E-state index contributed by atoms with van der Waals surface area (Å²) in [7, 11) is 3.02. The molecule has 0 radical (unpaired) electrons. The third-order valence-electron chi connectivity index (χ3n) is 2.63. The van der Waals surface area contributed by atoms with Gasteiger partial charge in [0.1, 0.15) is 5.69 Å². The Hall–Kier alpha value is -1.56. The molecule has 6 heteroatoms. The topological polar surface area (TPSA) is 59.0 Å². The predicted molar refractivity (Wildman–Crippen MR) is 73.3 cm³/mol. The maximum Gasteiger partial charge on any atom is 0.409 e. The van der Waals surface area contributed by atoms with Crippen LogP contribution in [0.15, 0.2) is 23.4 Å². The fraction of sp³-hybridized carbons (Fsp3) is 0.417. The molecule has 0 aliphatic carbocycles. The number of hydrogen-bond acceptors (Lipinski definition) is 5. The van der Waals surface area contributed by atoms with Crippen LogP contribution in [-0.2, 0) is 16.9 Å². The zero-order valence-electron chi connectivity index (χ0n) is 10.4. The first-order valence-corrected chi connectivity index (χ1v) is 6.10. The zero-order chi connectivity index (χ0) is 13.5. The zero-order valence-corrected chi connectivity index (χ0v) is 11.3. The van der Waals surface area contributed by atoms with Gasteiger partial charge in [-0.15, -0.1) is 4.91 Å². The summed E-state index contributed by atoms with van der Waals surface area (Å²) >= 11 is 4.15. The average molecular weight is 268 g/mol. The molecule has 0 spiro atoms. The molecule has 0 saturated heterocycles. The van der Waals surface area contributed by atoms with Crippen LogP contribution in [0.5, 0.6) is 0 Å². The van der Waals surface area contributed by atoms with Crippen LogP contribution in [0.25, 0.3) is 0 Å². The van der Waals surface area contributed by atoms with E-state index < -0.39 is 0 Å². The van der Waals surface area contributed by atoms with E-state index >= 15 is 0 Å². The van der Waals surface area contributed by atoms with Crippen molar-refractivity contribution in [3.63, 3.8) is 0 Å². The fourth-order valence-electron chi connectivity index (χ4n) is 1.55. The predicted octanol–water partition coefficient (Wildman–Crippen LogP) is 2.76. The molecule has 0 N–H and O–H groups in total.